The zero-order valence-corrected chi connectivity index (χ0v) is 10.2. The van der Waals surface area contributed by atoms with Crippen molar-refractivity contribution in [3.63, 3.8) is 0 Å². The Balaban J connectivity index is 1.91. The first kappa shape index (κ1) is 12.3. The lowest BCUT2D eigenvalue weighted by Gasteiger charge is -2.25. The Morgan fingerprint density at radius 2 is 2.25 bits per heavy atom. The summed E-state index contributed by atoms with van der Waals surface area (Å²) >= 11 is 0. The summed E-state index contributed by atoms with van der Waals surface area (Å²) in [4.78, 5) is 0. The van der Waals surface area contributed by atoms with Crippen molar-refractivity contribution in [2.24, 2.45) is 5.92 Å². The monoisotopic (exact) mass is 250 g/mol. The third-order valence-corrected chi connectivity index (χ3v) is 5.02. The summed E-state index contributed by atoms with van der Waals surface area (Å²) in [7, 11) is -2.84. The van der Waals surface area contributed by atoms with E-state index in [1.807, 2.05) is 6.92 Å². The van der Waals surface area contributed by atoms with E-state index in [0.717, 1.165) is 0 Å². The molecule has 3 atom stereocenters. The quantitative estimate of drug-likeness (QED) is 0.759. The number of sulfone groups is 1. The number of rotatable bonds is 3. The van der Waals surface area contributed by atoms with Gasteiger partial charge < -0.3 is 14.6 Å². The molecule has 0 amide bonds. The minimum Gasteiger partial charge on any atom is -0.394 e. The number of aliphatic hydroxyl groups excluding tert-OH is 1. The molecule has 0 saturated carbocycles. The SMILES string of the molecule is CC1(CC2CCS(=O)(=O)C2)OCC(CO)O1. The lowest BCUT2D eigenvalue weighted by molar-refractivity contribution is -0.168. The Hall–Kier alpha value is -0.170. The molecule has 2 aliphatic heterocycles. The highest BCUT2D eigenvalue weighted by atomic mass is 32.2. The third-order valence-electron chi connectivity index (χ3n) is 3.18. The van der Waals surface area contributed by atoms with Crippen LogP contribution in [-0.4, -0.2) is 50.1 Å². The van der Waals surface area contributed by atoms with Crippen LogP contribution in [0.3, 0.4) is 0 Å². The highest BCUT2D eigenvalue weighted by Gasteiger charge is 2.41. The molecule has 94 valence electrons. The Kier molecular flexibility index (Phi) is 3.27. The molecule has 0 spiro atoms. The molecule has 2 rings (SSSR count). The fourth-order valence-corrected chi connectivity index (χ4v) is 4.31. The second-order valence-corrected chi connectivity index (χ2v) is 7.07. The summed E-state index contributed by atoms with van der Waals surface area (Å²) in [6.07, 6.45) is 1.000. The van der Waals surface area contributed by atoms with E-state index in [0.29, 0.717) is 19.4 Å². The molecule has 2 saturated heterocycles. The fourth-order valence-electron chi connectivity index (χ4n) is 2.44. The first-order chi connectivity index (χ1) is 7.42. The Bertz CT molecular complexity index is 352. The minimum atomic E-state index is -2.84. The van der Waals surface area contributed by atoms with Gasteiger partial charge in [-0.1, -0.05) is 0 Å². The molecule has 3 unspecified atom stereocenters. The molecule has 2 heterocycles. The van der Waals surface area contributed by atoms with Crippen LogP contribution in [0.15, 0.2) is 0 Å². The average Bonchev–Trinajstić information content (AvgIpc) is 2.70. The minimum absolute atomic E-state index is 0.0570. The standard InChI is InChI=1S/C10H18O5S/c1-10(14-6-9(5-11)15-10)4-8-2-3-16(12,13)7-8/h8-9,11H,2-7H2,1H3. The van der Waals surface area contributed by atoms with Crippen molar-refractivity contribution in [1.82, 2.24) is 0 Å². The van der Waals surface area contributed by atoms with Crippen LogP contribution in [0, 0.1) is 5.92 Å². The fraction of sp³-hybridized carbons (Fsp3) is 1.00. The Labute approximate surface area is 95.7 Å². The van der Waals surface area contributed by atoms with Crippen molar-refractivity contribution in [3.8, 4) is 0 Å². The predicted octanol–water partition coefficient (Wildman–Crippen LogP) is -0.0649. The van der Waals surface area contributed by atoms with Gasteiger partial charge in [-0.3, -0.25) is 0 Å². The Morgan fingerprint density at radius 3 is 2.75 bits per heavy atom. The second kappa shape index (κ2) is 4.25. The van der Waals surface area contributed by atoms with Crippen molar-refractivity contribution < 1.29 is 23.0 Å². The summed E-state index contributed by atoms with van der Waals surface area (Å²) < 4.78 is 33.7. The highest BCUT2D eigenvalue weighted by molar-refractivity contribution is 7.91. The average molecular weight is 250 g/mol. The number of hydrogen-bond acceptors (Lipinski definition) is 5. The van der Waals surface area contributed by atoms with Crippen LogP contribution in [0.25, 0.3) is 0 Å². The van der Waals surface area contributed by atoms with Gasteiger partial charge in [-0.2, -0.15) is 0 Å². The molecular formula is C10H18O5S. The Morgan fingerprint density at radius 1 is 1.50 bits per heavy atom. The van der Waals surface area contributed by atoms with Gasteiger partial charge in [0.2, 0.25) is 0 Å². The van der Waals surface area contributed by atoms with Crippen molar-refractivity contribution in [3.05, 3.63) is 0 Å². The van der Waals surface area contributed by atoms with Crippen molar-refractivity contribution >= 4 is 9.84 Å². The zero-order chi connectivity index (χ0) is 11.8. The van der Waals surface area contributed by atoms with Gasteiger partial charge in [-0.25, -0.2) is 8.42 Å². The van der Waals surface area contributed by atoms with E-state index in [2.05, 4.69) is 0 Å². The van der Waals surface area contributed by atoms with Crippen LogP contribution in [0.1, 0.15) is 19.8 Å². The number of hydrogen-bond donors (Lipinski definition) is 1. The second-order valence-electron chi connectivity index (χ2n) is 4.84. The molecule has 0 aromatic carbocycles. The van der Waals surface area contributed by atoms with E-state index < -0.39 is 15.6 Å². The maximum absolute atomic E-state index is 11.3. The van der Waals surface area contributed by atoms with Gasteiger partial charge in [-0.05, 0) is 19.3 Å². The smallest absolute Gasteiger partial charge is 0.166 e. The van der Waals surface area contributed by atoms with Gasteiger partial charge in [0.25, 0.3) is 0 Å². The maximum Gasteiger partial charge on any atom is 0.166 e. The van der Waals surface area contributed by atoms with Crippen LogP contribution in [0.2, 0.25) is 0 Å². The van der Waals surface area contributed by atoms with E-state index in [1.165, 1.54) is 0 Å². The first-order valence-electron chi connectivity index (χ1n) is 5.55. The molecule has 0 bridgehead atoms. The summed E-state index contributed by atoms with van der Waals surface area (Å²) in [6, 6.07) is 0. The van der Waals surface area contributed by atoms with Crippen molar-refractivity contribution in [2.75, 3.05) is 24.7 Å². The van der Waals surface area contributed by atoms with Crippen molar-refractivity contribution in [2.45, 2.75) is 31.7 Å². The molecule has 2 aliphatic rings. The van der Waals surface area contributed by atoms with Crippen LogP contribution >= 0.6 is 0 Å². The first-order valence-corrected chi connectivity index (χ1v) is 7.38. The maximum atomic E-state index is 11.3. The van der Waals surface area contributed by atoms with E-state index >= 15 is 0 Å². The molecular weight excluding hydrogens is 232 g/mol. The molecule has 0 aliphatic carbocycles. The van der Waals surface area contributed by atoms with Gasteiger partial charge in [0.1, 0.15) is 6.10 Å². The topological polar surface area (TPSA) is 72.8 Å². The van der Waals surface area contributed by atoms with Crippen LogP contribution < -0.4 is 0 Å². The zero-order valence-electron chi connectivity index (χ0n) is 9.39. The summed E-state index contributed by atoms with van der Waals surface area (Å²) in [5.41, 5.74) is 0. The molecule has 0 aromatic heterocycles. The van der Waals surface area contributed by atoms with Crippen LogP contribution in [0.4, 0.5) is 0 Å². The van der Waals surface area contributed by atoms with Gasteiger partial charge in [0.15, 0.2) is 15.6 Å². The summed E-state index contributed by atoms with van der Waals surface area (Å²) in [5, 5.41) is 8.94. The van der Waals surface area contributed by atoms with E-state index in [4.69, 9.17) is 14.6 Å². The normalized spacial score (nSPS) is 42.6. The lowest BCUT2D eigenvalue weighted by atomic mass is 10.00. The lowest BCUT2D eigenvalue weighted by Crippen LogP contribution is -2.31. The van der Waals surface area contributed by atoms with Gasteiger partial charge in [0.05, 0.1) is 24.7 Å². The molecule has 0 aromatic rings. The van der Waals surface area contributed by atoms with E-state index in [1.54, 1.807) is 0 Å². The molecule has 0 radical (unpaired) electrons. The van der Waals surface area contributed by atoms with Gasteiger partial charge >= 0.3 is 0 Å². The third kappa shape index (κ3) is 2.74. The molecule has 5 nitrogen and oxygen atoms in total. The number of aliphatic hydroxyl groups is 1. The highest BCUT2D eigenvalue weighted by Crippen LogP contribution is 2.34. The predicted molar refractivity (Wildman–Crippen MR) is 57.7 cm³/mol. The molecule has 6 heteroatoms. The molecule has 2 fully saturated rings. The van der Waals surface area contributed by atoms with Crippen LogP contribution in [-0.2, 0) is 19.3 Å². The number of ether oxygens (including phenoxy) is 2. The summed E-state index contributed by atoms with van der Waals surface area (Å²) in [5.74, 6) is -0.0961. The van der Waals surface area contributed by atoms with E-state index in [9.17, 15) is 8.42 Å². The van der Waals surface area contributed by atoms with Crippen molar-refractivity contribution in [1.29, 1.82) is 0 Å². The largest absolute Gasteiger partial charge is 0.394 e. The molecule has 1 N–H and O–H groups in total. The van der Waals surface area contributed by atoms with E-state index in [-0.39, 0.29) is 30.1 Å². The van der Waals surface area contributed by atoms with Gasteiger partial charge in [0, 0.05) is 6.42 Å². The van der Waals surface area contributed by atoms with Crippen LogP contribution in [0.5, 0.6) is 0 Å². The van der Waals surface area contributed by atoms with Gasteiger partial charge in [-0.15, -0.1) is 0 Å². The summed E-state index contributed by atoms with van der Waals surface area (Å²) in [6.45, 7) is 2.14. The molecule has 16 heavy (non-hydrogen) atoms.